The van der Waals surface area contributed by atoms with Crippen LogP contribution in [-0.4, -0.2) is 15.0 Å². The number of hydrogen-bond acceptors (Lipinski definition) is 4. The average Bonchev–Trinajstić information content (AvgIpc) is 2.64. The molecule has 1 atom stereocenters. The van der Waals surface area contributed by atoms with Crippen molar-refractivity contribution in [3.63, 3.8) is 0 Å². The standard InChI is InChI=1S/C22H26N4/c1-14-10-16(3)20(11-15(14)2)12-24-17(4)21-13-25-22(26-18(21)5)19-6-8-23-9-7-19/h6-11,13,17,24H,12H2,1-5H3/t17-/m1/s1. The summed E-state index contributed by atoms with van der Waals surface area (Å²) in [7, 11) is 0. The molecule has 4 nitrogen and oxygen atoms in total. The molecule has 26 heavy (non-hydrogen) atoms. The topological polar surface area (TPSA) is 50.7 Å². The van der Waals surface area contributed by atoms with Gasteiger partial charge in [0.25, 0.3) is 0 Å². The molecule has 0 unspecified atom stereocenters. The predicted octanol–water partition coefficient (Wildman–Crippen LogP) is 4.62. The lowest BCUT2D eigenvalue weighted by Crippen LogP contribution is -2.20. The highest BCUT2D eigenvalue weighted by Crippen LogP contribution is 2.21. The van der Waals surface area contributed by atoms with Crippen molar-refractivity contribution >= 4 is 0 Å². The third-order valence-corrected chi connectivity index (χ3v) is 4.97. The first kappa shape index (κ1) is 18.2. The first-order chi connectivity index (χ1) is 12.5. The fourth-order valence-electron chi connectivity index (χ4n) is 3.13. The van der Waals surface area contributed by atoms with Gasteiger partial charge in [0.1, 0.15) is 0 Å². The Morgan fingerprint density at radius 3 is 2.35 bits per heavy atom. The number of benzene rings is 1. The number of hydrogen-bond donors (Lipinski definition) is 1. The number of pyridine rings is 1. The van der Waals surface area contributed by atoms with Gasteiger partial charge in [-0.2, -0.15) is 0 Å². The van der Waals surface area contributed by atoms with Crippen molar-refractivity contribution in [2.24, 2.45) is 0 Å². The molecule has 0 saturated heterocycles. The first-order valence-electron chi connectivity index (χ1n) is 8.99. The van der Waals surface area contributed by atoms with Gasteiger partial charge in [0, 0.05) is 48.0 Å². The zero-order valence-corrected chi connectivity index (χ0v) is 16.2. The Morgan fingerprint density at radius 2 is 1.65 bits per heavy atom. The summed E-state index contributed by atoms with van der Waals surface area (Å²) in [5.74, 6) is 0.742. The van der Waals surface area contributed by atoms with E-state index in [2.05, 4.69) is 60.1 Å². The summed E-state index contributed by atoms with van der Waals surface area (Å²) >= 11 is 0. The van der Waals surface area contributed by atoms with E-state index in [1.165, 1.54) is 22.3 Å². The van der Waals surface area contributed by atoms with Crippen molar-refractivity contribution in [1.82, 2.24) is 20.3 Å². The molecular weight excluding hydrogens is 320 g/mol. The van der Waals surface area contributed by atoms with Crippen molar-refractivity contribution in [3.05, 3.63) is 76.4 Å². The fraction of sp³-hybridized carbons (Fsp3) is 0.318. The van der Waals surface area contributed by atoms with E-state index in [4.69, 9.17) is 0 Å². The number of aromatic nitrogens is 3. The molecule has 0 amide bonds. The highest BCUT2D eigenvalue weighted by atomic mass is 14.9. The molecular formula is C22H26N4. The van der Waals surface area contributed by atoms with Crippen LogP contribution in [0.5, 0.6) is 0 Å². The predicted molar refractivity (Wildman–Crippen MR) is 106 cm³/mol. The monoisotopic (exact) mass is 346 g/mol. The minimum atomic E-state index is 0.183. The second-order valence-electron chi connectivity index (χ2n) is 6.94. The summed E-state index contributed by atoms with van der Waals surface area (Å²) < 4.78 is 0. The molecule has 0 spiro atoms. The van der Waals surface area contributed by atoms with E-state index in [0.29, 0.717) is 0 Å². The quantitative estimate of drug-likeness (QED) is 0.732. The van der Waals surface area contributed by atoms with Crippen LogP contribution in [0.3, 0.4) is 0 Å². The summed E-state index contributed by atoms with van der Waals surface area (Å²) in [6, 6.07) is 8.58. The fourth-order valence-corrected chi connectivity index (χ4v) is 3.13. The van der Waals surface area contributed by atoms with Crippen LogP contribution >= 0.6 is 0 Å². The lowest BCUT2D eigenvalue weighted by Gasteiger charge is -2.18. The lowest BCUT2D eigenvalue weighted by atomic mass is 10.0. The maximum Gasteiger partial charge on any atom is 0.159 e. The van der Waals surface area contributed by atoms with Gasteiger partial charge >= 0.3 is 0 Å². The van der Waals surface area contributed by atoms with E-state index in [1.54, 1.807) is 12.4 Å². The molecule has 2 aromatic heterocycles. The third-order valence-electron chi connectivity index (χ3n) is 4.97. The number of rotatable bonds is 5. The second kappa shape index (κ2) is 7.75. The Kier molecular flexibility index (Phi) is 5.43. The van der Waals surface area contributed by atoms with Gasteiger partial charge in [0.05, 0.1) is 0 Å². The Morgan fingerprint density at radius 1 is 0.962 bits per heavy atom. The zero-order chi connectivity index (χ0) is 18.7. The Labute approximate surface area is 155 Å². The minimum Gasteiger partial charge on any atom is -0.306 e. The third kappa shape index (κ3) is 3.97. The molecule has 1 N–H and O–H groups in total. The molecule has 134 valence electrons. The maximum atomic E-state index is 4.68. The molecule has 2 heterocycles. The minimum absolute atomic E-state index is 0.183. The zero-order valence-electron chi connectivity index (χ0n) is 16.2. The molecule has 0 bridgehead atoms. The largest absolute Gasteiger partial charge is 0.306 e. The summed E-state index contributed by atoms with van der Waals surface area (Å²) in [5.41, 5.74) is 8.46. The summed E-state index contributed by atoms with van der Waals surface area (Å²) in [6.45, 7) is 11.5. The van der Waals surface area contributed by atoms with Crippen LogP contribution in [0.2, 0.25) is 0 Å². The van der Waals surface area contributed by atoms with E-state index in [-0.39, 0.29) is 6.04 Å². The van der Waals surface area contributed by atoms with Crippen molar-refractivity contribution in [2.75, 3.05) is 0 Å². The van der Waals surface area contributed by atoms with E-state index in [1.807, 2.05) is 25.3 Å². The maximum absolute atomic E-state index is 4.68. The van der Waals surface area contributed by atoms with Crippen LogP contribution in [-0.2, 0) is 6.54 Å². The van der Waals surface area contributed by atoms with Crippen LogP contribution in [0.1, 0.15) is 46.5 Å². The summed E-state index contributed by atoms with van der Waals surface area (Å²) in [5, 5.41) is 3.61. The molecule has 0 aliphatic heterocycles. The van der Waals surface area contributed by atoms with Gasteiger partial charge in [-0.1, -0.05) is 12.1 Å². The Bertz CT molecular complexity index is 904. The van der Waals surface area contributed by atoms with Crippen molar-refractivity contribution in [1.29, 1.82) is 0 Å². The van der Waals surface area contributed by atoms with Gasteiger partial charge in [-0.3, -0.25) is 4.98 Å². The number of nitrogens with zero attached hydrogens (tertiary/aromatic N) is 3. The molecule has 0 saturated carbocycles. The van der Waals surface area contributed by atoms with Gasteiger partial charge in [0.15, 0.2) is 5.82 Å². The normalized spacial score (nSPS) is 12.2. The average molecular weight is 346 g/mol. The van der Waals surface area contributed by atoms with Gasteiger partial charge in [-0.15, -0.1) is 0 Å². The summed E-state index contributed by atoms with van der Waals surface area (Å²) in [6.07, 6.45) is 5.46. The first-order valence-corrected chi connectivity index (χ1v) is 8.99. The molecule has 1 aromatic carbocycles. The SMILES string of the molecule is Cc1cc(C)c(CN[C@H](C)c2cnc(-c3ccncc3)nc2C)cc1C. The van der Waals surface area contributed by atoms with E-state index in [9.17, 15) is 0 Å². The van der Waals surface area contributed by atoms with Crippen LogP contribution in [0.25, 0.3) is 11.4 Å². The lowest BCUT2D eigenvalue weighted by molar-refractivity contribution is 0.566. The molecule has 0 fully saturated rings. The number of aryl methyl sites for hydroxylation is 4. The van der Waals surface area contributed by atoms with Crippen molar-refractivity contribution in [3.8, 4) is 11.4 Å². The van der Waals surface area contributed by atoms with E-state index in [0.717, 1.165) is 29.2 Å². The van der Waals surface area contributed by atoms with Gasteiger partial charge in [0.2, 0.25) is 0 Å². The van der Waals surface area contributed by atoms with Crippen LogP contribution in [0, 0.1) is 27.7 Å². The Balaban J connectivity index is 1.74. The molecule has 0 radical (unpaired) electrons. The van der Waals surface area contributed by atoms with Crippen molar-refractivity contribution in [2.45, 2.75) is 47.2 Å². The second-order valence-corrected chi connectivity index (χ2v) is 6.94. The van der Waals surface area contributed by atoms with Crippen LogP contribution < -0.4 is 5.32 Å². The smallest absolute Gasteiger partial charge is 0.159 e. The van der Waals surface area contributed by atoms with Crippen LogP contribution in [0.15, 0.2) is 42.9 Å². The summed E-state index contributed by atoms with van der Waals surface area (Å²) in [4.78, 5) is 13.3. The molecule has 4 heteroatoms. The van der Waals surface area contributed by atoms with E-state index < -0.39 is 0 Å². The van der Waals surface area contributed by atoms with Gasteiger partial charge < -0.3 is 5.32 Å². The number of nitrogens with one attached hydrogen (secondary N) is 1. The van der Waals surface area contributed by atoms with E-state index >= 15 is 0 Å². The Hall–Kier alpha value is -2.59. The van der Waals surface area contributed by atoms with Crippen molar-refractivity contribution < 1.29 is 0 Å². The molecule has 0 aliphatic rings. The van der Waals surface area contributed by atoms with Gasteiger partial charge in [-0.25, -0.2) is 9.97 Å². The van der Waals surface area contributed by atoms with Crippen LogP contribution in [0.4, 0.5) is 0 Å². The highest BCUT2D eigenvalue weighted by Gasteiger charge is 2.12. The molecule has 0 aliphatic carbocycles. The molecule has 3 aromatic rings. The van der Waals surface area contributed by atoms with Gasteiger partial charge in [-0.05, 0) is 69.0 Å². The highest BCUT2D eigenvalue weighted by molar-refractivity contribution is 5.53. The molecule has 3 rings (SSSR count).